The first-order valence-electron chi connectivity index (χ1n) is 6.97. The van der Waals surface area contributed by atoms with Gasteiger partial charge in [-0.3, -0.25) is 0 Å². The van der Waals surface area contributed by atoms with E-state index in [1.165, 1.54) is 45.2 Å². The average Bonchev–Trinajstić information content (AvgIpc) is 2.24. The molecule has 2 rings (SSSR count). The number of likely N-dealkylation sites (tertiary alicyclic amines) is 1. The summed E-state index contributed by atoms with van der Waals surface area (Å²) >= 11 is 0. The molecular weight excluding hydrogens is 198 g/mol. The van der Waals surface area contributed by atoms with Crippen molar-refractivity contribution in [3.05, 3.63) is 0 Å². The van der Waals surface area contributed by atoms with Crippen LogP contribution >= 0.6 is 0 Å². The Hall–Kier alpha value is -0.0800. The molecule has 0 spiro atoms. The molecule has 0 aromatic rings. The molecule has 0 radical (unpaired) electrons. The van der Waals surface area contributed by atoms with E-state index in [9.17, 15) is 5.11 Å². The Kier molecular flexibility index (Phi) is 3.91. The lowest BCUT2D eigenvalue weighted by molar-refractivity contribution is 0.0315. The summed E-state index contributed by atoms with van der Waals surface area (Å²) in [5, 5.41) is 9.98. The van der Waals surface area contributed by atoms with E-state index in [0.29, 0.717) is 11.3 Å². The molecule has 0 aromatic carbocycles. The predicted octanol–water partition coefficient (Wildman–Crippen LogP) is 2.66. The van der Waals surface area contributed by atoms with Gasteiger partial charge in [-0.25, -0.2) is 0 Å². The number of rotatable bonds is 2. The second kappa shape index (κ2) is 5.05. The van der Waals surface area contributed by atoms with Crippen molar-refractivity contribution in [2.75, 3.05) is 19.6 Å². The van der Waals surface area contributed by atoms with Gasteiger partial charge in [-0.2, -0.15) is 0 Å². The topological polar surface area (TPSA) is 23.5 Å². The number of aliphatic hydroxyl groups excluding tert-OH is 1. The molecule has 0 amide bonds. The molecule has 2 unspecified atom stereocenters. The minimum absolute atomic E-state index is 0.0244. The molecule has 1 aliphatic carbocycles. The fourth-order valence-corrected chi connectivity index (χ4v) is 3.07. The molecule has 0 aromatic heterocycles. The van der Waals surface area contributed by atoms with Crippen LogP contribution in [0.3, 0.4) is 0 Å². The third-order valence-electron chi connectivity index (χ3n) is 4.57. The highest BCUT2D eigenvalue weighted by Crippen LogP contribution is 2.31. The zero-order valence-electron chi connectivity index (χ0n) is 10.9. The molecule has 2 fully saturated rings. The van der Waals surface area contributed by atoms with Crippen molar-refractivity contribution in [3.8, 4) is 0 Å². The first kappa shape index (κ1) is 12.4. The number of hydrogen-bond acceptors (Lipinski definition) is 2. The summed E-state index contributed by atoms with van der Waals surface area (Å²) < 4.78 is 0. The second-order valence-corrected chi connectivity index (χ2v) is 6.58. The van der Waals surface area contributed by atoms with E-state index < -0.39 is 0 Å². The molecule has 2 aliphatic rings. The monoisotopic (exact) mass is 225 g/mol. The van der Waals surface area contributed by atoms with E-state index in [0.717, 1.165) is 13.0 Å². The largest absolute Gasteiger partial charge is 0.393 e. The van der Waals surface area contributed by atoms with Crippen LogP contribution in [0.2, 0.25) is 0 Å². The molecule has 2 atom stereocenters. The van der Waals surface area contributed by atoms with Crippen LogP contribution in [0, 0.1) is 11.3 Å². The molecule has 0 bridgehead atoms. The van der Waals surface area contributed by atoms with Crippen molar-refractivity contribution in [2.45, 2.75) is 58.5 Å². The zero-order chi connectivity index (χ0) is 11.6. The van der Waals surface area contributed by atoms with E-state index in [-0.39, 0.29) is 6.10 Å². The highest BCUT2D eigenvalue weighted by molar-refractivity contribution is 4.82. The molecular formula is C14H27NO. The van der Waals surface area contributed by atoms with Gasteiger partial charge in [-0.05, 0) is 50.1 Å². The van der Waals surface area contributed by atoms with Crippen LogP contribution in [0.1, 0.15) is 52.4 Å². The molecule has 2 heteroatoms. The Morgan fingerprint density at radius 2 is 1.75 bits per heavy atom. The number of aliphatic hydroxyl groups is 1. The Bertz CT molecular complexity index is 217. The lowest BCUT2D eigenvalue weighted by Crippen LogP contribution is -2.42. The van der Waals surface area contributed by atoms with E-state index in [2.05, 4.69) is 18.7 Å². The first-order chi connectivity index (χ1) is 7.57. The standard InChI is InChI=1S/C14H27NO/c1-14(2)7-9-15(10-8-14)11-12-5-3-4-6-13(12)16/h12-13,16H,3-11H2,1-2H3. The van der Waals surface area contributed by atoms with E-state index >= 15 is 0 Å². The third kappa shape index (κ3) is 3.21. The Labute approximate surface area is 100 Å². The molecule has 1 N–H and O–H groups in total. The summed E-state index contributed by atoms with van der Waals surface area (Å²) in [4.78, 5) is 2.57. The minimum Gasteiger partial charge on any atom is -0.393 e. The van der Waals surface area contributed by atoms with Gasteiger partial charge in [0.1, 0.15) is 0 Å². The van der Waals surface area contributed by atoms with E-state index in [1.54, 1.807) is 0 Å². The quantitative estimate of drug-likeness (QED) is 0.781. The van der Waals surface area contributed by atoms with E-state index in [1.807, 2.05) is 0 Å². The summed E-state index contributed by atoms with van der Waals surface area (Å²) in [6.45, 7) is 8.35. The van der Waals surface area contributed by atoms with Gasteiger partial charge < -0.3 is 10.0 Å². The number of piperidine rings is 1. The van der Waals surface area contributed by atoms with Crippen LogP contribution in [-0.2, 0) is 0 Å². The SMILES string of the molecule is CC1(C)CCN(CC2CCCCC2O)CC1. The molecule has 1 saturated heterocycles. The van der Waals surface area contributed by atoms with Gasteiger partial charge in [0.25, 0.3) is 0 Å². The summed E-state index contributed by atoms with van der Waals surface area (Å²) in [5.41, 5.74) is 0.543. The number of hydrogen-bond donors (Lipinski definition) is 1. The van der Waals surface area contributed by atoms with Gasteiger partial charge in [-0.1, -0.05) is 26.7 Å². The predicted molar refractivity (Wildman–Crippen MR) is 67.4 cm³/mol. The third-order valence-corrected chi connectivity index (χ3v) is 4.57. The average molecular weight is 225 g/mol. The van der Waals surface area contributed by atoms with Crippen molar-refractivity contribution >= 4 is 0 Å². The summed E-state index contributed by atoms with van der Waals surface area (Å²) in [6, 6.07) is 0. The van der Waals surface area contributed by atoms with E-state index in [4.69, 9.17) is 0 Å². The summed E-state index contributed by atoms with van der Waals surface area (Å²) in [7, 11) is 0. The second-order valence-electron chi connectivity index (χ2n) is 6.58. The van der Waals surface area contributed by atoms with Crippen LogP contribution in [-0.4, -0.2) is 35.7 Å². The fourth-order valence-electron chi connectivity index (χ4n) is 3.07. The van der Waals surface area contributed by atoms with Gasteiger partial charge in [0.15, 0.2) is 0 Å². The maximum absolute atomic E-state index is 9.98. The van der Waals surface area contributed by atoms with Crippen molar-refractivity contribution in [1.82, 2.24) is 4.90 Å². The van der Waals surface area contributed by atoms with Gasteiger partial charge in [0, 0.05) is 6.54 Å². The maximum Gasteiger partial charge on any atom is 0.0580 e. The molecule has 94 valence electrons. The van der Waals surface area contributed by atoms with Crippen molar-refractivity contribution in [3.63, 3.8) is 0 Å². The van der Waals surface area contributed by atoms with Gasteiger partial charge in [0.05, 0.1) is 6.10 Å². The highest BCUT2D eigenvalue weighted by Gasteiger charge is 2.29. The molecule has 1 heterocycles. The lowest BCUT2D eigenvalue weighted by atomic mass is 9.81. The maximum atomic E-state index is 9.98. The summed E-state index contributed by atoms with van der Waals surface area (Å²) in [6.07, 6.45) is 7.42. The smallest absolute Gasteiger partial charge is 0.0580 e. The normalized spacial score (nSPS) is 36.2. The Balaban J connectivity index is 1.77. The highest BCUT2D eigenvalue weighted by atomic mass is 16.3. The van der Waals surface area contributed by atoms with Crippen LogP contribution in [0.15, 0.2) is 0 Å². The fraction of sp³-hybridized carbons (Fsp3) is 1.00. The van der Waals surface area contributed by atoms with Gasteiger partial charge in [-0.15, -0.1) is 0 Å². The molecule has 1 saturated carbocycles. The van der Waals surface area contributed by atoms with Gasteiger partial charge in [0.2, 0.25) is 0 Å². The summed E-state index contributed by atoms with van der Waals surface area (Å²) in [5.74, 6) is 0.551. The van der Waals surface area contributed by atoms with Crippen LogP contribution < -0.4 is 0 Å². The van der Waals surface area contributed by atoms with Crippen LogP contribution in [0.5, 0.6) is 0 Å². The molecule has 16 heavy (non-hydrogen) atoms. The zero-order valence-corrected chi connectivity index (χ0v) is 10.9. The lowest BCUT2D eigenvalue weighted by Gasteiger charge is -2.40. The Morgan fingerprint density at radius 1 is 1.12 bits per heavy atom. The van der Waals surface area contributed by atoms with Crippen molar-refractivity contribution in [1.29, 1.82) is 0 Å². The van der Waals surface area contributed by atoms with Crippen molar-refractivity contribution in [2.24, 2.45) is 11.3 Å². The van der Waals surface area contributed by atoms with Crippen LogP contribution in [0.4, 0.5) is 0 Å². The molecule has 2 nitrogen and oxygen atoms in total. The van der Waals surface area contributed by atoms with Crippen LogP contribution in [0.25, 0.3) is 0 Å². The first-order valence-corrected chi connectivity index (χ1v) is 6.97. The molecule has 1 aliphatic heterocycles. The van der Waals surface area contributed by atoms with Gasteiger partial charge >= 0.3 is 0 Å². The van der Waals surface area contributed by atoms with Crippen molar-refractivity contribution < 1.29 is 5.11 Å². The Morgan fingerprint density at radius 3 is 2.38 bits per heavy atom. The number of nitrogens with zero attached hydrogens (tertiary/aromatic N) is 1. The minimum atomic E-state index is -0.0244.